The predicted octanol–water partition coefficient (Wildman–Crippen LogP) is 5.82. The van der Waals surface area contributed by atoms with E-state index in [2.05, 4.69) is 72.8 Å². The van der Waals surface area contributed by atoms with Gasteiger partial charge in [0.15, 0.2) is 0 Å². The number of carbonyl (C=O) groups is 1. The summed E-state index contributed by atoms with van der Waals surface area (Å²) in [6.45, 7) is 5.64. The quantitative estimate of drug-likeness (QED) is 0.351. The van der Waals surface area contributed by atoms with Gasteiger partial charge in [-0.05, 0) is 81.4 Å². The van der Waals surface area contributed by atoms with E-state index in [4.69, 9.17) is 9.72 Å². The Balaban J connectivity index is 1.37. The van der Waals surface area contributed by atoms with Crippen molar-refractivity contribution in [2.45, 2.75) is 64.0 Å². The number of pyridine rings is 1. The van der Waals surface area contributed by atoms with E-state index < -0.39 is 11.1 Å². The van der Waals surface area contributed by atoms with Gasteiger partial charge < -0.3 is 10.1 Å². The molecule has 0 unspecified atom stereocenters. The Hall–Kier alpha value is -4.27. The number of tetrazole rings is 1. The monoisotopic (exact) mass is 509 g/mol. The van der Waals surface area contributed by atoms with Gasteiger partial charge in [0, 0.05) is 17.3 Å². The summed E-state index contributed by atoms with van der Waals surface area (Å²) >= 11 is 0. The van der Waals surface area contributed by atoms with E-state index >= 15 is 0 Å². The van der Waals surface area contributed by atoms with Gasteiger partial charge in [-0.15, -0.1) is 10.2 Å². The Bertz CT molecular complexity index is 1540. The molecule has 0 bridgehead atoms. The van der Waals surface area contributed by atoms with Gasteiger partial charge in [0.1, 0.15) is 11.2 Å². The van der Waals surface area contributed by atoms with Gasteiger partial charge in [0.25, 0.3) is 0 Å². The molecule has 0 atom stereocenters. The van der Waals surface area contributed by atoms with E-state index in [-0.39, 0.29) is 6.09 Å². The Labute approximate surface area is 221 Å². The maximum atomic E-state index is 12.6. The lowest BCUT2D eigenvalue weighted by Gasteiger charge is -2.43. The fraction of sp³-hybridized carbons (Fsp3) is 0.345. The second kappa shape index (κ2) is 9.24. The fourth-order valence-electron chi connectivity index (χ4n) is 5.20. The van der Waals surface area contributed by atoms with Crippen LogP contribution >= 0.6 is 0 Å². The Kier molecular flexibility index (Phi) is 5.86. The zero-order chi connectivity index (χ0) is 26.3. The van der Waals surface area contributed by atoms with Crippen LogP contribution in [0, 0.1) is 0 Å². The van der Waals surface area contributed by atoms with Gasteiger partial charge in [-0.25, -0.2) is 9.78 Å². The predicted molar refractivity (Wildman–Crippen MR) is 145 cm³/mol. The van der Waals surface area contributed by atoms with Gasteiger partial charge in [0.2, 0.25) is 5.82 Å². The number of imidazole rings is 1. The van der Waals surface area contributed by atoms with Crippen molar-refractivity contribution in [3.63, 3.8) is 0 Å². The van der Waals surface area contributed by atoms with Gasteiger partial charge in [-0.3, -0.25) is 4.40 Å². The van der Waals surface area contributed by atoms with E-state index in [1.54, 1.807) is 0 Å². The van der Waals surface area contributed by atoms with Crippen LogP contribution in [0.4, 0.5) is 4.79 Å². The first-order chi connectivity index (χ1) is 18.3. The molecule has 1 amide bonds. The number of hydrogen-bond donors (Lipinski definition) is 2. The summed E-state index contributed by atoms with van der Waals surface area (Å²) in [5.41, 5.74) is 5.93. The molecule has 9 heteroatoms. The summed E-state index contributed by atoms with van der Waals surface area (Å²) in [7, 11) is 0. The molecule has 194 valence electrons. The second-order valence-electron chi connectivity index (χ2n) is 11.0. The number of carbonyl (C=O) groups excluding carboxylic acids is 1. The van der Waals surface area contributed by atoms with Crippen molar-refractivity contribution < 1.29 is 9.53 Å². The van der Waals surface area contributed by atoms with Crippen molar-refractivity contribution in [2.24, 2.45) is 0 Å². The number of nitrogens with one attached hydrogen (secondary N) is 2. The first-order valence-electron chi connectivity index (χ1n) is 13.1. The van der Waals surface area contributed by atoms with Crippen LogP contribution in [0.1, 0.15) is 64.1 Å². The number of fused-ring (bicyclic) bond motifs is 1. The maximum Gasteiger partial charge on any atom is 0.408 e. The molecule has 6 rings (SSSR count). The number of alkyl carbamates (subject to hydrolysis) is 1. The third kappa shape index (κ3) is 4.49. The van der Waals surface area contributed by atoms with E-state index in [0.29, 0.717) is 5.82 Å². The van der Waals surface area contributed by atoms with Crippen molar-refractivity contribution in [3.8, 4) is 22.6 Å². The van der Waals surface area contributed by atoms with Crippen LogP contribution in [0.25, 0.3) is 33.9 Å². The maximum absolute atomic E-state index is 12.6. The average Bonchev–Trinajstić information content (AvgIpc) is 3.54. The minimum absolute atomic E-state index is 0.377. The van der Waals surface area contributed by atoms with Gasteiger partial charge in [-0.1, -0.05) is 42.5 Å². The number of nitrogens with zero attached hydrogens (tertiary/aromatic N) is 5. The largest absolute Gasteiger partial charge is 0.444 e. The number of allylic oxidation sites excluding steroid dienone is 4. The highest BCUT2D eigenvalue weighted by molar-refractivity contribution is 5.85. The van der Waals surface area contributed by atoms with Crippen LogP contribution in [0.2, 0.25) is 0 Å². The van der Waals surface area contributed by atoms with Crippen LogP contribution in [-0.2, 0) is 10.3 Å². The minimum atomic E-state index is -0.537. The summed E-state index contributed by atoms with van der Waals surface area (Å²) in [6.07, 6.45) is 13.2. The van der Waals surface area contributed by atoms with Crippen molar-refractivity contribution in [2.75, 3.05) is 0 Å². The molecule has 2 N–H and O–H groups in total. The molecular weight excluding hydrogens is 478 g/mol. The highest BCUT2D eigenvalue weighted by Crippen LogP contribution is 2.42. The number of benzene rings is 1. The molecule has 9 nitrogen and oxygen atoms in total. The number of aromatic amines is 1. The molecule has 3 heterocycles. The molecule has 2 aliphatic carbocycles. The molecule has 0 radical (unpaired) electrons. The minimum Gasteiger partial charge on any atom is -0.444 e. The summed E-state index contributed by atoms with van der Waals surface area (Å²) in [4.78, 5) is 17.6. The van der Waals surface area contributed by atoms with Crippen LogP contribution in [-0.4, -0.2) is 41.7 Å². The fourth-order valence-corrected chi connectivity index (χ4v) is 5.20. The SMILES string of the molecule is CC(C)(C)OC(=O)NC1(c2ccc(-c3nc4cc(-c5nn[nH]n5)ccn4c3C3=CCCC=C3)cc2)CCC1. The number of amides is 1. The number of rotatable bonds is 5. The Morgan fingerprint density at radius 3 is 2.55 bits per heavy atom. The molecule has 1 aromatic carbocycles. The van der Waals surface area contributed by atoms with E-state index in [9.17, 15) is 4.79 Å². The van der Waals surface area contributed by atoms with Gasteiger partial charge >= 0.3 is 6.09 Å². The van der Waals surface area contributed by atoms with E-state index in [1.165, 1.54) is 0 Å². The molecule has 4 aromatic rings. The molecule has 2 aliphatic rings. The topological polar surface area (TPSA) is 110 Å². The number of H-pyrrole nitrogens is 1. The molecule has 1 fully saturated rings. The highest BCUT2D eigenvalue weighted by Gasteiger charge is 2.41. The highest BCUT2D eigenvalue weighted by atomic mass is 16.6. The molecule has 0 saturated heterocycles. The smallest absolute Gasteiger partial charge is 0.408 e. The lowest BCUT2D eigenvalue weighted by atomic mass is 9.71. The van der Waals surface area contributed by atoms with Gasteiger partial charge in [-0.2, -0.15) is 5.21 Å². The Morgan fingerprint density at radius 1 is 1.11 bits per heavy atom. The lowest BCUT2D eigenvalue weighted by Crippen LogP contribution is -2.52. The first-order valence-corrected chi connectivity index (χ1v) is 13.1. The lowest BCUT2D eigenvalue weighted by molar-refractivity contribution is 0.0377. The summed E-state index contributed by atoms with van der Waals surface area (Å²) in [5, 5.41) is 17.6. The zero-order valence-electron chi connectivity index (χ0n) is 21.9. The molecule has 38 heavy (non-hydrogen) atoms. The first kappa shape index (κ1) is 24.1. The van der Waals surface area contributed by atoms with Crippen LogP contribution in [0.5, 0.6) is 0 Å². The summed E-state index contributed by atoms with van der Waals surface area (Å²) in [5.74, 6) is 0.531. The number of hydrogen-bond acceptors (Lipinski definition) is 6. The number of aromatic nitrogens is 6. The van der Waals surface area contributed by atoms with Crippen molar-refractivity contribution in [1.82, 2.24) is 35.3 Å². The van der Waals surface area contributed by atoms with Crippen molar-refractivity contribution in [1.29, 1.82) is 0 Å². The van der Waals surface area contributed by atoms with E-state index in [0.717, 1.165) is 71.4 Å². The van der Waals surface area contributed by atoms with Crippen LogP contribution in [0.3, 0.4) is 0 Å². The summed E-state index contributed by atoms with van der Waals surface area (Å²) in [6, 6.07) is 12.4. The van der Waals surface area contributed by atoms with Crippen LogP contribution in [0.15, 0.2) is 60.8 Å². The van der Waals surface area contributed by atoms with Gasteiger partial charge in [0.05, 0.1) is 16.9 Å². The third-order valence-electron chi connectivity index (χ3n) is 7.16. The Morgan fingerprint density at radius 2 is 1.92 bits per heavy atom. The molecule has 0 spiro atoms. The van der Waals surface area contributed by atoms with Crippen molar-refractivity contribution >= 4 is 17.3 Å². The average molecular weight is 510 g/mol. The molecular formula is C29H31N7O2. The van der Waals surface area contributed by atoms with E-state index in [1.807, 2.05) is 39.1 Å². The molecule has 1 saturated carbocycles. The summed E-state index contributed by atoms with van der Waals surface area (Å²) < 4.78 is 7.66. The van der Waals surface area contributed by atoms with Crippen molar-refractivity contribution in [3.05, 3.63) is 72.1 Å². The third-order valence-corrected chi connectivity index (χ3v) is 7.16. The zero-order valence-corrected chi connectivity index (χ0v) is 21.9. The second-order valence-corrected chi connectivity index (χ2v) is 11.0. The normalized spacial score (nSPS) is 16.7. The van der Waals surface area contributed by atoms with Crippen LogP contribution < -0.4 is 5.32 Å². The standard InChI is InChI=1S/C29H31N7O2/c1-28(2,3)38-27(37)31-29(15-7-16-29)22-12-10-19(11-13-22)24-25(20-8-5-4-6-9-20)36-17-14-21(18-23(36)30-24)26-32-34-35-33-26/h5,8-14,17-18H,4,6-7,15-16H2,1-3H3,(H,31,37)(H,32,33,34,35). The molecule has 3 aromatic heterocycles. The number of ether oxygens (including phenoxy) is 1. The molecule has 0 aliphatic heterocycles.